The molecular weight excluding hydrogens is 376 g/mol. The molecule has 0 radical (unpaired) electrons. The van der Waals surface area contributed by atoms with Gasteiger partial charge in [-0.25, -0.2) is 0 Å². The molecule has 0 atom stereocenters. The molecule has 1 aliphatic rings. The van der Waals surface area contributed by atoms with Crippen LogP contribution in [0.1, 0.15) is 85.5 Å². The first kappa shape index (κ1) is 23.4. The van der Waals surface area contributed by atoms with Gasteiger partial charge in [0.15, 0.2) is 0 Å². The Balaban J connectivity index is 2.92. The van der Waals surface area contributed by atoms with Crippen LogP contribution in [0.3, 0.4) is 0 Å². The van der Waals surface area contributed by atoms with Crippen LogP contribution >= 0.6 is 15.9 Å². The van der Waals surface area contributed by atoms with Crippen LogP contribution in [0.4, 0.5) is 0 Å². The molecular formula is C22H43BrO2. The summed E-state index contributed by atoms with van der Waals surface area (Å²) >= 11 is 4.18. The fraction of sp³-hybridized carbons (Fsp3) is 1.00. The Hall–Kier alpha value is 0.400. The zero-order chi connectivity index (χ0) is 18.9. The molecule has 0 heterocycles. The highest BCUT2D eigenvalue weighted by molar-refractivity contribution is 9.10. The predicted octanol–water partition coefficient (Wildman–Crippen LogP) is 6.85. The zero-order valence-corrected chi connectivity index (χ0v) is 19.3. The van der Waals surface area contributed by atoms with Crippen molar-refractivity contribution < 1.29 is 9.47 Å². The fourth-order valence-corrected chi connectivity index (χ4v) is 6.63. The predicted molar refractivity (Wildman–Crippen MR) is 113 cm³/mol. The maximum atomic E-state index is 5.75. The molecule has 0 amide bonds. The average Bonchev–Trinajstić information content (AvgIpc) is 2.52. The van der Waals surface area contributed by atoms with E-state index in [1.165, 1.54) is 57.8 Å². The molecule has 1 aliphatic carbocycles. The number of ether oxygens (including phenoxy) is 2. The van der Waals surface area contributed by atoms with E-state index in [4.69, 9.17) is 9.47 Å². The Morgan fingerprint density at radius 2 is 1.32 bits per heavy atom. The van der Waals surface area contributed by atoms with Gasteiger partial charge >= 0.3 is 0 Å². The molecule has 1 fully saturated rings. The number of rotatable bonds is 12. The van der Waals surface area contributed by atoms with Crippen molar-refractivity contribution in [3.63, 3.8) is 0 Å². The largest absolute Gasteiger partial charge is 0.384 e. The third kappa shape index (κ3) is 7.89. The maximum absolute atomic E-state index is 5.75. The Bertz CT molecular complexity index is 332. The van der Waals surface area contributed by atoms with Crippen LogP contribution in [0.2, 0.25) is 0 Å². The van der Waals surface area contributed by atoms with E-state index in [1.54, 1.807) is 0 Å². The molecule has 0 saturated heterocycles. The Kier molecular flexibility index (Phi) is 10.6. The van der Waals surface area contributed by atoms with E-state index in [-0.39, 0.29) is 9.74 Å². The van der Waals surface area contributed by atoms with Crippen molar-refractivity contribution in [1.82, 2.24) is 0 Å². The molecule has 0 aromatic heterocycles. The average molecular weight is 419 g/mol. The third-order valence-corrected chi connectivity index (χ3v) is 7.00. The van der Waals surface area contributed by atoms with Crippen molar-refractivity contribution in [2.75, 3.05) is 27.4 Å². The summed E-state index contributed by atoms with van der Waals surface area (Å²) < 4.78 is 11.7. The minimum atomic E-state index is 0.177. The molecule has 150 valence electrons. The van der Waals surface area contributed by atoms with Gasteiger partial charge in [0.05, 0.1) is 13.2 Å². The number of methoxy groups -OCH3 is 2. The van der Waals surface area contributed by atoms with Gasteiger partial charge in [0.1, 0.15) is 0 Å². The highest BCUT2D eigenvalue weighted by Crippen LogP contribution is 2.47. The van der Waals surface area contributed by atoms with Gasteiger partial charge in [0, 0.05) is 24.0 Å². The Morgan fingerprint density at radius 3 is 1.72 bits per heavy atom. The van der Waals surface area contributed by atoms with Gasteiger partial charge in [-0.3, -0.25) is 0 Å². The van der Waals surface area contributed by atoms with E-state index in [0.717, 1.165) is 19.1 Å². The van der Waals surface area contributed by atoms with E-state index in [9.17, 15) is 0 Å². The number of hydrogen-bond acceptors (Lipinski definition) is 2. The summed E-state index contributed by atoms with van der Waals surface area (Å²) in [7, 11) is 3.72. The van der Waals surface area contributed by atoms with E-state index in [1.807, 2.05) is 14.2 Å². The quantitative estimate of drug-likeness (QED) is 0.322. The lowest BCUT2D eigenvalue weighted by Gasteiger charge is -2.44. The summed E-state index contributed by atoms with van der Waals surface area (Å²) in [5.41, 5.74) is 0.177. The smallest absolute Gasteiger partial charge is 0.0543 e. The van der Waals surface area contributed by atoms with Crippen molar-refractivity contribution >= 4 is 15.9 Å². The normalized spacial score (nSPS) is 17.6. The summed E-state index contributed by atoms with van der Waals surface area (Å²) in [6, 6.07) is 0. The Morgan fingerprint density at radius 1 is 0.840 bits per heavy atom. The number of hydrogen-bond donors (Lipinski definition) is 0. The number of alkyl halides is 1. The van der Waals surface area contributed by atoms with Crippen LogP contribution < -0.4 is 0 Å². The summed E-state index contributed by atoms with van der Waals surface area (Å²) in [6.45, 7) is 11.0. The van der Waals surface area contributed by atoms with E-state index in [2.05, 4.69) is 43.6 Å². The van der Waals surface area contributed by atoms with Crippen molar-refractivity contribution in [3.8, 4) is 0 Å². The van der Waals surface area contributed by atoms with Crippen molar-refractivity contribution in [2.45, 2.75) is 89.8 Å². The molecule has 0 aromatic rings. The van der Waals surface area contributed by atoms with Gasteiger partial charge in [-0.1, -0.05) is 62.9 Å². The SMILES string of the molecule is COCC(CCC(Br)(CC(C)C)CC(C)C)(COC)C1CCCCC1. The summed E-state index contributed by atoms with van der Waals surface area (Å²) in [4.78, 5) is 0. The minimum Gasteiger partial charge on any atom is -0.384 e. The minimum absolute atomic E-state index is 0.177. The van der Waals surface area contributed by atoms with Gasteiger partial charge in [0.2, 0.25) is 0 Å². The molecule has 1 saturated carbocycles. The zero-order valence-electron chi connectivity index (χ0n) is 17.7. The van der Waals surface area contributed by atoms with Crippen LogP contribution in [0.15, 0.2) is 0 Å². The highest BCUT2D eigenvalue weighted by atomic mass is 79.9. The van der Waals surface area contributed by atoms with Crippen molar-refractivity contribution in [1.29, 1.82) is 0 Å². The second kappa shape index (κ2) is 11.3. The second-order valence-corrected chi connectivity index (χ2v) is 11.1. The lowest BCUT2D eigenvalue weighted by atomic mass is 9.66. The molecule has 0 aliphatic heterocycles. The topological polar surface area (TPSA) is 18.5 Å². The van der Waals surface area contributed by atoms with Crippen LogP contribution in [0, 0.1) is 23.2 Å². The van der Waals surface area contributed by atoms with E-state index >= 15 is 0 Å². The van der Waals surface area contributed by atoms with Gasteiger partial charge in [-0.15, -0.1) is 0 Å². The molecule has 0 unspecified atom stereocenters. The lowest BCUT2D eigenvalue weighted by Crippen LogP contribution is -2.42. The molecule has 0 N–H and O–H groups in total. The molecule has 0 spiro atoms. The van der Waals surface area contributed by atoms with Gasteiger partial charge < -0.3 is 9.47 Å². The lowest BCUT2D eigenvalue weighted by molar-refractivity contribution is -0.0492. The molecule has 1 rings (SSSR count). The number of halogens is 1. The highest BCUT2D eigenvalue weighted by Gasteiger charge is 2.41. The Labute approximate surface area is 165 Å². The first-order valence-electron chi connectivity index (χ1n) is 10.4. The standard InChI is InChI=1S/C22H43BrO2/c1-18(2)14-22(23,15-19(3)4)13-12-21(16-24-5,17-25-6)20-10-8-7-9-11-20/h18-20H,7-17H2,1-6H3. The van der Waals surface area contributed by atoms with E-state index < -0.39 is 0 Å². The second-order valence-electron chi connectivity index (χ2n) is 9.41. The van der Waals surface area contributed by atoms with Crippen molar-refractivity contribution in [2.24, 2.45) is 23.2 Å². The molecule has 2 nitrogen and oxygen atoms in total. The van der Waals surface area contributed by atoms with Crippen molar-refractivity contribution in [3.05, 3.63) is 0 Å². The molecule has 3 heteroatoms. The summed E-state index contributed by atoms with van der Waals surface area (Å²) in [5, 5.41) is 0. The van der Waals surface area contributed by atoms with Crippen LogP contribution in [0.5, 0.6) is 0 Å². The van der Waals surface area contributed by atoms with E-state index in [0.29, 0.717) is 11.8 Å². The monoisotopic (exact) mass is 418 g/mol. The summed E-state index contributed by atoms with van der Waals surface area (Å²) in [6.07, 6.45) is 11.7. The summed E-state index contributed by atoms with van der Waals surface area (Å²) in [5.74, 6) is 2.18. The molecule has 0 aromatic carbocycles. The maximum Gasteiger partial charge on any atom is 0.0543 e. The van der Waals surface area contributed by atoms with Crippen LogP contribution in [-0.2, 0) is 9.47 Å². The van der Waals surface area contributed by atoms with Gasteiger partial charge in [0.25, 0.3) is 0 Å². The van der Waals surface area contributed by atoms with Crippen LogP contribution in [0.25, 0.3) is 0 Å². The van der Waals surface area contributed by atoms with Crippen LogP contribution in [-0.4, -0.2) is 31.8 Å². The molecule has 0 bridgehead atoms. The first-order chi connectivity index (χ1) is 11.8. The van der Waals surface area contributed by atoms with Gasteiger partial charge in [-0.2, -0.15) is 0 Å². The third-order valence-electron chi connectivity index (χ3n) is 5.95. The molecule has 25 heavy (non-hydrogen) atoms. The fourth-order valence-electron chi connectivity index (χ4n) is 5.14. The van der Waals surface area contributed by atoms with Gasteiger partial charge in [-0.05, 0) is 56.3 Å². The first-order valence-corrected chi connectivity index (χ1v) is 11.2.